The number of aromatic nitrogens is 1. The average molecular weight is 221 g/mol. The number of primary amides is 2. The highest BCUT2D eigenvalue weighted by Crippen LogP contribution is 2.01. The first-order valence-corrected chi connectivity index (χ1v) is 4.19. The third-order valence-electron chi connectivity index (χ3n) is 1.78. The van der Waals surface area contributed by atoms with Crippen LogP contribution in [-0.4, -0.2) is 34.8 Å². The van der Waals surface area contributed by atoms with Gasteiger partial charge in [0.25, 0.3) is 11.8 Å². The van der Waals surface area contributed by atoms with Crippen LogP contribution in [0.5, 0.6) is 0 Å². The van der Waals surface area contributed by atoms with Crippen LogP contribution in [-0.2, 0) is 0 Å². The Hall–Kier alpha value is -2.44. The largest absolute Gasteiger partial charge is 0.364 e. The van der Waals surface area contributed by atoms with E-state index in [1.54, 1.807) is 0 Å². The number of pyridine rings is 1. The molecule has 7 nitrogen and oxygen atoms in total. The van der Waals surface area contributed by atoms with Crippen LogP contribution < -0.4 is 11.5 Å². The van der Waals surface area contributed by atoms with E-state index in [4.69, 9.17) is 11.5 Å². The zero-order valence-electron chi connectivity index (χ0n) is 8.43. The number of nitrogens with two attached hydrogens (primary N) is 2. The molecular formula is C9H9N4O3. The lowest BCUT2D eigenvalue weighted by molar-refractivity contribution is 0.0832. The van der Waals surface area contributed by atoms with Crippen molar-refractivity contribution in [1.82, 2.24) is 9.88 Å². The Balaban J connectivity index is 3.05. The highest BCUT2D eigenvalue weighted by atomic mass is 16.2. The molecule has 1 rings (SSSR count). The molecule has 0 unspecified atom stereocenters. The molecule has 1 heterocycles. The van der Waals surface area contributed by atoms with E-state index in [0.717, 1.165) is 0 Å². The van der Waals surface area contributed by atoms with Gasteiger partial charge in [-0.25, -0.2) is 9.78 Å². The Bertz CT molecular complexity index is 458. The van der Waals surface area contributed by atoms with Crippen LogP contribution in [0.3, 0.4) is 0 Å². The van der Waals surface area contributed by atoms with Crippen LogP contribution in [0.1, 0.15) is 21.0 Å². The van der Waals surface area contributed by atoms with E-state index in [9.17, 15) is 14.4 Å². The number of nitrogens with zero attached hydrogens (tertiary/aromatic N) is 2. The highest BCUT2D eigenvalue weighted by Gasteiger charge is 2.18. The topological polar surface area (TPSA) is 119 Å². The predicted molar refractivity (Wildman–Crippen MR) is 53.3 cm³/mol. The first kappa shape index (κ1) is 11.6. The van der Waals surface area contributed by atoms with E-state index in [2.05, 4.69) is 11.1 Å². The number of carbonyl (C=O) groups is 3. The van der Waals surface area contributed by atoms with Gasteiger partial charge in [-0.15, -0.1) is 0 Å². The number of amides is 4. The van der Waals surface area contributed by atoms with E-state index in [1.165, 1.54) is 19.2 Å². The fourth-order valence-electron chi connectivity index (χ4n) is 0.907. The summed E-state index contributed by atoms with van der Waals surface area (Å²) in [5.74, 6) is -1.53. The molecule has 4 amide bonds. The van der Waals surface area contributed by atoms with Gasteiger partial charge in [-0.2, -0.15) is 0 Å². The molecule has 0 spiro atoms. The third kappa shape index (κ3) is 2.32. The molecule has 0 aromatic carbocycles. The molecule has 7 heteroatoms. The number of urea groups is 1. The smallest absolute Gasteiger partial charge is 0.321 e. The number of rotatable bonds is 2. The van der Waals surface area contributed by atoms with Crippen molar-refractivity contribution in [3.8, 4) is 0 Å². The van der Waals surface area contributed by atoms with Crippen molar-refractivity contribution in [1.29, 1.82) is 0 Å². The lowest BCUT2D eigenvalue weighted by Gasteiger charge is -2.11. The van der Waals surface area contributed by atoms with E-state index < -0.39 is 17.8 Å². The maximum absolute atomic E-state index is 11.6. The van der Waals surface area contributed by atoms with Crippen molar-refractivity contribution in [2.24, 2.45) is 11.5 Å². The highest BCUT2D eigenvalue weighted by molar-refractivity contribution is 6.03. The maximum atomic E-state index is 11.6. The van der Waals surface area contributed by atoms with Gasteiger partial charge >= 0.3 is 6.03 Å². The van der Waals surface area contributed by atoms with Gasteiger partial charge in [-0.05, 0) is 12.1 Å². The maximum Gasteiger partial charge on any atom is 0.321 e. The van der Waals surface area contributed by atoms with Crippen LogP contribution in [0.2, 0.25) is 0 Å². The molecule has 1 aromatic heterocycles. The Morgan fingerprint density at radius 2 is 2.00 bits per heavy atom. The second-order valence-corrected chi connectivity index (χ2v) is 2.89. The molecule has 0 saturated heterocycles. The van der Waals surface area contributed by atoms with Crippen LogP contribution in [0.25, 0.3) is 0 Å². The fourth-order valence-corrected chi connectivity index (χ4v) is 0.907. The van der Waals surface area contributed by atoms with Crippen LogP contribution in [0.15, 0.2) is 12.1 Å². The number of imide groups is 1. The Kier molecular flexibility index (Phi) is 3.19. The summed E-state index contributed by atoms with van der Waals surface area (Å²) in [6.45, 7) is 0. The van der Waals surface area contributed by atoms with E-state index in [1.807, 2.05) is 0 Å². The van der Waals surface area contributed by atoms with Crippen molar-refractivity contribution >= 4 is 17.8 Å². The minimum Gasteiger partial charge on any atom is -0.364 e. The second-order valence-electron chi connectivity index (χ2n) is 2.89. The Morgan fingerprint density at radius 3 is 2.50 bits per heavy atom. The number of hydrogen-bond donors (Lipinski definition) is 2. The molecule has 0 bridgehead atoms. The second kappa shape index (κ2) is 4.39. The first-order chi connectivity index (χ1) is 7.43. The molecule has 0 aliphatic carbocycles. The van der Waals surface area contributed by atoms with Gasteiger partial charge in [0.1, 0.15) is 11.4 Å². The summed E-state index contributed by atoms with van der Waals surface area (Å²) in [5, 5.41) is 0. The summed E-state index contributed by atoms with van der Waals surface area (Å²) in [5.41, 5.74) is 9.60. The van der Waals surface area contributed by atoms with Crippen molar-refractivity contribution in [2.75, 3.05) is 7.05 Å². The first-order valence-electron chi connectivity index (χ1n) is 4.19. The molecule has 4 N–H and O–H groups in total. The van der Waals surface area contributed by atoms with Gasteiger partial charge in [-0.3, -0.25) is 14.5 Å². The molecule has 1 radical (unpaired) electrons. The zero-order valence-corrected chi connectivity index (χ0v) is 8.43. The average Bonchev–Trinajstić information content (AvgIpc) is 2.27. The molecule has 83 valence electrons. The SMILES string of the molecule is CN(C(N)=O)C(=O)c1cc[c]c(C(N)=O)n1. The van der Waals surface area contributed by atoms with Gasteiger partial charge in [-0.1, -0.05) is 0 Å². The predicted octanol–water partition coefficient (Wildman–Crippen LogP) is -0.869. The molecular weight excluding hydrogens is 212 g/mol. The lowest BCUT2D eigenvalue weighted by atomic mass is 10.2. The van der Waals surface area contributed by atoms with E-state index in [0.29, 0.717) is 4.90 Å². The van der Waals surface area contributed by atoms with Gasteiger partial charge in [0.2, 0.25) is 0 Å². The van der Waals surface area contributed by atoms with E-state index >= 15 is 0 Å². The molecule has 0 saturated carbocycles. The standard InChI is InChI=1S/C9H9N4O3/c1-13(9(11)16)8(15)6-4-2-3-5(12-6)7(10)14/h2,4H,1H3,(H2,10,14)(H2,11,16). The van der Waals surface area contributed by atoms with Crippen LogP contribution in [0.4, 0.5) is 4.79 Å². The molecule has 16 heavy (non-hydrogen) atoms. The van der Waals surface area contributed by atoms with Gasteiger partial charge in [0.15, 0.2) is 0 Å². The Morgan fingerprint density at radius 1 is 1.38 bits per heavy atom. The van der Waals surface area contributed by atoms with Crippen molar-refractivity contribution in [2.45, 2.75) is 0 Å². The number of hydrogen-bond acceptors (Lipinski definition) is 4. The quantitative estimate of drug-likeness (QED) is 0.674. The summed E-state index contributed by atoms with van der Waals surface area (Å²) in [7, 11) is 1.20. The van der Waals surface area contributed by atoms with Crippen LogP contribution >= 0.6 is 0 Å². The lowest BCUT2D eigenvalue weighted by Crippen LogP contribution is -2.37. The monoisotopic (exact) mass is 221 g/mol. The zero-order chi connectivity index (χ0) is 12.3. The normalized spacial score (nSPS) is 9.56. The summed E-state index contributed by atoms with van der Waals surface area (Å²) in [6.07, 6.45) is 0. The Labute approximate surface area is 91.0 Å². The van der Waals surface area contributed by atoms with Crippen molar-refractivity contribution in [3.05, 3.63) is 29.6 Å². The summed E-state index contributed by atoms with van der Waals surface area (Å²) < 4.78 is 0. The molecule has 0 aliphatic heterocycles. The van der Waals surface area contributed by atoms with Crippen molar-refractivity contribution < 1.29 is 14.4 Å². The van der Waals surface area contributed by atoms with Crippen LogP contribution in [0, 0.1) is 6.07 Å². The minimum atomic E-state index is -0.916. The summed E-state index contributed by atoms with van der Waals surface area (Å²) in [4.78, 5) is 37.4. The molecule has 0 atom stereocenters. The summed E-state index contributed by atoms with van der Waals surface area (Å²) >= 11 is 0. The number of carbonyl (C=O) groups excluding carboxylic acids is 3. The van der Waals surface area contributed by atoms with E-state index in [-0.39, 0.29) is 11.4 Å². The van der Waals surface area contributed by atoms with Gasteiger partial charge < -0.3 is 11.5 Å². The van der Waals surface area contributed by atoms with Gasteiger partial charge in [0.05, 0.1) is 0 Å². The molecule has 0 aliphatic rings. The van der Waals surface area contributed by atoms with Gasteiger partial charge in [0, 0.05) is 13.1 Å². The fraction of sp³-hybridized carbons (Fsp3) is 0.111. The molecule has 1 aromatic rings. The minimum absolute atomic E-state index is 0.103. The molecule has 0 fully saturated rings. The summed E-state index contributed by atoms with van der Waals surface area (Å²) in [6, 6.07) is 4.16. The third-order valence-corrected chi connectivity index (χ3v) is 1.78. The van der Waals surface area contributed by atoms with Crippen molar-refractivity contribution in [3.63, 3.8) is 0 Å².